The molecule has 0 unspecified atom stereocenters. The molecule has 0 radical (unpaired) electrons. The third-order valence-corrected chi connectivity index (χ3v) is 6.61. The van der Waals surface area contributed by atoms with Crippen LogP contribution < -0.4 is 0 Å². The van der Waals surface area contributed by atoms with E-state index in [1.807, 2.05) is 36.4 Å². The topological polar surface area (TPSA) is 217 Å². The van der Waals surface area contributed by atoms with Gasteiger partial charge in [-0.05, 0) is 35.0 Å². The van der Waals surface area contributed by atoms with Crippen LogP contribution in [0.3, 0.4) is 0 Å². The molecule has 0 bridgehead atoms. The fraction of sp³-hybridized carbons (Fsp3) is 0. The average Bonchev–Trinajstić information content (AvgIpc) is 3.05. The number of hydrogen-bond donors (Lipinski definition) is 4. The third kappa shape index (κ3) is 7.63. The summed E-state index contributed by atoms with van der Waals surface area (Å²) in [4.78, 5) is 20.1. The molecule has 0 aliphatic carbocycles. The summed E-state index contributed by atoms with van der Waals surface area (Å²) < 4.78 is 0. The Morgan fingerprint density at radius 1 is 0.489 bits per heavy atom. The molecule has 6 rings (SSSR count). The number of phenols is 4. The van der Waals surface area contributed by atoms with E-state index in [4.69, 9.17) is 0 Å². The standard InChI is InChI=1S/2C16H11N3O4.Cr/c2*20-14-8-5-10-3-1-2-4-12(10)16(14)18-17-13-7-6-11(19(22)23)9-15(13)21;/h2*1-9,20-21H;/p+1. The molecular weight excluding hydrogens is 648 g/mol. The molecule has 0 aliphatic rings. The van der Waals surface area contributed by atoms with Crippen molar-refractivity contribution >= 4 is 55.7 Å². The minimum atomic E-state index is -0.614. The van der Waals surface area contributed by atoms with Gasteiger partial charge in [0.25, 0.3) is 11.4 Å². The Morgan fingerprint density at radius 2 is 0.872 bits per heavy atom. The minimum Gasteiger partial charge on any atom is -0.506 e. The molecule has 0 atom stereocenters. The second kappa shape index (κ2) is 14.6. The van der Waals surface area contributed by atoms with Crippen LogP contribution in [0.25, 0.3) is 21.5 Å². The maximum Gasteiger partial charge on any atom is 1.00 e. The van der Waals surface area contributed by atoms with Crippen LogP contribution in [0.1, 0.15) is 1.43 Å². The molecule has 0 heterocycles. The van der Waals surface area contributed by atoms with Crippen LogP contribution in [0.5, 0.6) is 23.0 Å². The molecule has 0 aromatic heterocycles. The Balaban J connectivity index is 0.000000250. The summed E-state index contributed by atoms with van der Waals surface area (Å²) in [7, 11) is 0. The van der Waals surface area contributed by atoms with E-state index in [1.165, 1.54) is 36.4 Å². The summed E-state index contributed by atoms with van der Waals surface area (Å²) in [5, 5.41) is 79.7. The average molecular weight is 672 g/mol. The first kappa shape index (κ1) is 33.5. The number of phenolic OH excluding ortho intramolecular Hbond substituents is 4. The summed E-state index contributed by atoms with van der Waals surface area (Å²) >= 11 is 0. The molecule has 14 nitrogen and oxygen atoms in total. The molecule has 0 aliphatic heterocycles. The molecule has 0 amide bonds. The SMILES string of the molecule is O=[N+]([O-])c1ccc(N=Nc2c(O)ccc3ccccc23)c(O)c1.O=[N+]([O-])c1ccc(N=Nc2c(O)ccc3ccccc23)c(O)c1.[Cr].[H+]. The van der Waals surface area contributed by atoms with E-state index in [2.05, 4.69) is 20.5 Å². The van der Waals surface area contributed by atoms with Crippen LogP contribution in [0, 0.1) is 20.2 Å². The van der Waals surface area contributed by atoms with E-state index in [1.54, 1.807) is 24.3 Å². The van der Waals surface area contributed by atoms with Crippen molar-refractivity contribution in [2.75, 3.05) is 0 Å². The van der Waals surface area contributed by atoms with Crippen molar-refractivity contribution in [3.05, 3.63) is 129 Å². The van der Waals surface area contributed by atoms with Gasteiger partial charge in [-0.2, -0.15) is 0 Å². The molecular formula is C32H23CrN6O8+. The molecule has 0 fully saturated rings. The fourth-order valence-electron chi connectivity index (χ4n) is 4.33. The van der Waals surface area contributed by atoms with Crippen molar-refractivity contribution in [2.45, 2.75) is 0 Å². The van der Waals surface area contributed by atoms with Crippen LogP contribution in [0.4, 0.5) is 34.1 Å². The normalized spacial score (nSPS) is 10.9. The van der Waals surface area contributed by atoms with E-state index in [0.717, 1.165) is 22.9 Å². The van der Waals surface area contributed by atoms with Crippen molar-refractivity contribution in [3.63, 3.8) is 0 Å². The Hall–Kier alpha value is -6.43. The smallest absolute Gasteiger partial charge is 0.506 e. The van der Waals surface area contributed by atoms with Crippen LogP contribution in [0.15, 0.2) is 130 Å². The zero-order valence-corrected chi connectivity index (χ0v) is 25.2. The van der Waals surface area contributed by atoms with Gasteiger partial charge < -0.3 is 20.4 Å². The molecule has 0 spiro atoms. The van der Waals surface area contributed by atoms with Crippen LogP contribution >= 0.6 is 0 Å². The Labute approximate surface area is 277 Å². The summed E-state index contributed by atoms with van der Waals surface area (Å²) in [6.45, 7) is 0. The van der Waals surface area contributed by atoms with Crippen molar-refractivity contribution in [1.29, 1.82) is 0 Å². The van der Waals surface area contributed by atoms with Gasteiger partial charge in [0, 0.05) is 40.3 Å². The first-order chi connectivity index (χ1) is 22.1. The van der Waals surface area contributed by atoms with Gasteiger partial charge in [-0.3, -0.25) is 20.2 Å². The van der Waals surface area contributed by atoms with Crippen molar-refractivity contribution < 1.29 is 49.1 Å². The van der Waals surface area contributed by atoms with Gasteiger partial charge in [0.05, 0.1) is 22.0 Å². The van der Waals surface area contributed by atoms with Crippen LogP contribution in [-0.2, 0) is 17.4 Å². The zero-order chi connectivity index (χ0) is 32.8. The first-order valence-corrected chi connectivity index (χ1v) is 13.3. The van der Waals surface area contributed by atoms with Crippen molar-refractivity contribution in [3.8, 4) is 23.0 Å². The van der Waals surface area contributed by atoms with Gasteiger partial charge in [0.1, 0.15) is 45.7 Å². The van der Waals surface area contributed by atoms with E-state index < -0.39 is 9.85 Å². The third-order valence-electron chi connectivity index (χ3n) is 6.61. The first-order valence-electron chi connectivity index (χ1n) is 13.3. The Bertz CT molecular complexity index is 2040. The van der Waals surface area contributed by atoms with Gasteiger partial charge in [0.2, 0.25) is 0 Å². The maximum absolute atomic E-state index is 10.6. The monoisotopic (exact) mass is 671 g/mol. The number of aromatic hydroxyl groups is 4. The number of nitrogens with zero attached hydrogens (tertiary/aromatic N) is 6. The molecule has 15 heteroatoms. The Morgan fingerprint density at radius 3 is 1.23 bits per heavy atom. The van der Waals surface area contributed by atoms with E-state index in [9.17, 15) is 40.7 Å². The number of nitro benzene ring substituents is 2. The second-order valence-corrected chi connectivity index (χ2v) is 9.57. The molecule has 4 N–H and O–H groups in total. The van der Waals surface area contributed by atoms with Gasteiger partial charge in [-0.1, -0.05) is 60.7 Å². The van der Waals surface area contributed by atoms with E-state index in [-0.39, 0.29) is 75.9 Å². The number of benzene rings is 6. The summed E-state index contributed by atoms with van der Waals surface area (Å²) in [5.74, 6) is -0.812. The quantitative estimate of drug-likeness (QED) is 0.0758. The predicted molar refractivity (Wildman–Crippen MR) is 170 cm³/mol. The number of nitro groups is 2. The molecule has 0 saturated carbocycles. The minimum absolute atomic E-state index is 0. The maximum atomic E-state index is 10.6. The summed E-state index contributed by atoms with van der Waals surface area (Å²) in [6, 6.07) is 28.2. The molecule has 6 aromatic carbocycles. The number of rotatable bonds is 6. The van der Waals surface area contributed by atoms with Gasteiger partial charge in [-0.25, -0.2) is 0 Å². The molecule has 47 heavy (non-hydrogen) atoms. The summed E-state index contributed by atoms with van der Waals surface area (Å²) in [5.41, 5.74) is 0.191. The number of non-ortho nitro benzene ring substituents is 2. The molecule has 6 aromatic rings. The molecule has 234 valence electrons. The van der Waals surface area contributed by atoms with Crippen LogP contribution in [0.2, 0.25) is 0 Å². The number of hydrogen-bond acceptors (Lipinski definition) is 12. The van der Waals surface area contributed by atoms with Gasteiger partial charge in [-0.15, -0.1) is 20.5 Å². The predicted octanol–water partition coefficient (Wildman–Crippen LogP) is 9.26. The van der Waals surface area contributed by atoms with E-state index >= 15 is 0 Å². The van der Waals surface area contributed by atoms with Gasteiger partial charge in [0.15, 0.2) is 0 Å². The number of fused-ring (bicyclic) bond motifs is 2. The van der Waals surface area contributed by atoms with E-state index in [0.29, 0.717) is 10.8 Å². The van der Waals surface area contributed by atoms with Crippen LogP contribution in [-0.4, -0.2) is 30.3 Å². The Kier molecular flexibility index (Phi) is 10.4. The van der Waals surface area contributed by atoms with Gasteiger partial charge >= 0.3 is 1.43 Å². The van der Waals surface area contributed by atoms with Crippen molar-refractivity contribution in [1.82, 2.24) is 0 Å². The number of azo groups is 2. The molecule has 0 saturated heterocycles. The summed E-state index contributed by atoms with van der Waals surface area (Å²) in [6.07, 6.45) is 0. The fourth-order valence-corrected chi connectivity index (χ4v) is 4.33. The zero-order valence-electron chi connectivity index (χ0n) is 24.9. The largest absolute Gasteiger partial charge is 1.00 e. The second-order valence-electron chi connectivity index (χ2n) is 9.57. The van der Waals surface area contributed by atoms with Crippen molar-refractivity contribution in [2.24, 2.45) is 20.5 Å².